The molecule has 0 spiro atoms. The van der Waals surface area contributed by atoms with E-state index in [1.165, 1.54) is 32.4 Å². The largest absolute Gasteiger partial charge is 0.379 e. The van der Waals surface area contributed by atoms with E-state index in [9.17, 15) is 33.8 Å². The van der Waals surface area contributed by atoms with E-state index in [1.807, 2.05) is 47.6 Å². The number of methoxy groups -OCH3 is 2. The molecule has 3 rings (SSSR count). The summed E-state index contributed by atoms with van der Waals surface area (Å²) in [6.07, 6.45) is -0.406. The van der Waals surface area contributed by atoms with Crippen LogP contribution in [-0.2, 0) is 35.1 Å². The fraction of sp³-hybridized carbons (Fsp3) is 0.700. The lowest BCUT2D eigenvalue weighted by molar-refractivity contribution is -0.148. The molecule has 1 aromatic rings. The average molecular weight is 762 g/mol. The van der Waals surface area contributed by atoms with Crippen LogP contribution < -0.4 is 16.0 Å². The summed E-state index contributed by atoms with van der Waals surface area (Å²) in [6.45, 7) is 13.3. The summed E-state index contributed by atoms with van der Waals surface area (Å²) >= 11 is 0. The van der Waals surface area contributed by atoms with Crippen molar-refractivity contribution in [3.63, 3.8) is 0 Å². The quantitative estimate of drug-likeness (QED) is 0.0934. The van der Waals surface area contributed by atoms with Gasteiger partial charge < -0.3 is 45.4 Å². The summed E-state index contributed by atoms with van der Waals surface area (Å²) in [4.78, 5) is 58.6. The van der Waals surface area contributed by atoms with Crippen molar-refractivity contribution in [1.29, 1.82) is 0 Å². The summed E-state index contributed by atoms with van der Waals surface area (Å²) in [5, 5.41) is 28.8. The smallest absolute Gasteiger partial charge is 0.245 e. The van der Waals surface area contributed by atoms with E-state index in [2.05, 4.69) is 16.0 Å². The van der Waals surface area contributed by atoms with Gasteiger partial charge in [-0.2, -0.15) is 0 Å². The minimum absolute atomic E-state index is 0.00860. The second-order valence-corrected chi connectivity index (χ2v) is 15.6. The third-order valence-electron chi connectivity index (χ3n) is 11.2. The van der Waals surface area contributed by atoms with Crippen molar-refractivity contribution in [2.45, 2.75) is 129 Å². The van der Waals surface area contributed by atoms with Crippen LogP contribution >= 0.6 is 0 Å². The monoisotopic (exact) mass is 761 g/mol. The van der Waals surface area contributed by atoms with Gasteiger partial charge in [-0.1, -0.05) is 79.2 Å². The van der Waals surface area contributed by atoms with E-state index in [0.717, 1.165) is 5.57 Å². The third kappa shape index (κ3) is 10.7. The van der Waals surface area contributed by atoms with Crippen LogP contribution in [-0.4, -0.2) is 127 Å². The summed E-state index contributed by atoms with van der Waals surface area (Å²) in [6, 6.07) is 2.24. The highest BCUT2D eigenvalue weighted by Gasteiger charge is 2.52. The van der Waals surface area contributed by atoms with Crippen molar-refractivity contribution in [2.75, 3.05) is 28.3 Å². The molecule has 54 heavy (non-hydrogen) atoms. The Morgan fingerprint density at radius 3 is 2.11 bits per heavy atom. The third-order valence-corrected chi connectivity index (χ3v) is 11.2. The highest BCUT2D eigenvalue weighted by atomic mass is 19.1. The number of carbonyl (C=O) groups is 4. The zero-order valence-electron chi connectivity index (χ0n) is 33.8. The van der Waals surface area contributed by atoms with Gasteiger partial charge in [0, 0.05) is 27.7 Å². The first-order valence-corrected chi connectivity index (χ1v) is 19.1. The molecule has 4 amide bonds. The molecule has 1 aliphatic carbocycles. The number of amides is 4. The van der Waals surface area contributed by atoms with Gasteiger partial charge in [-0.15, -0.1) is 0 Å². The number of nitrogens with one attached hydrogen (secondary N) is 3. The Balaban J connectivity index is 1.81. The predicted molar refractivity (Wildman–Crippen MR) is 203 cm³/mol. The maximum atomic E-state index is 14.4. The summed E-state index contributed by atoms with van der Waals surface area (Å²) in [5.74, 6) is -2.92. The van der Waals surface area contributed by atoms with E-state index >= 15 is 0 Å². The van der Waals surface area contributed by atoms with Crippen molar-refractivity contribution in [3.8, 4) is 0 Å². The Hall–Kier alpha value is -3.43. The molecule has 0 saturated carbocycles. The highest BCUT2D eigenvalue weighted by Crippen LogP contribution is 2.44. The van der Waals surface area contributed by atoms with Gasteiger partial charge in [-0.3, -0.25) is 19.2 Å². The van der Waals surface area contributed by atoms with Crippen molar-refractivity contribution in [2.24, 2.45) is 23.7 Å². The maximum absolute atomic E-state index is 14.4. The van der Waals surface area contributed by atoms with Crippen LogP contribution in [0.2, 0.25) is 0 Å². The lowest BCUT2D eigenvalue weighted by Crippen LogP contribution is -2.59. The number of likely N-dealkylation sites (tertiary alicyclic amines) is 1. The second kappa shape index (κ2) is 19.9. The van der Waals surface area contributed by atoms with Gasteiger partial charge in [0.2, 0.25) is 23.6 Å². The molecule has 0 radical (unpaired) electrons. The number of benzene rings is 1. The SMILES string of the molecule is CC[C@H](C)[C@@H]([C@@H](CC(=O)N1[C@H]2C=C2C[C@H]1[C@H](OC)[C@@H](C)C(=O)N[C@@H](Cc1ccccc1F)C(O)O)OC)N(C)C(=O)[C@@H](NC(=O)[C@@H](NC)C(C)C)C(C)C. The number of aliphatic hydroxyl groups excluding tert-OH is 1. The van der Waals surface area contributed by atoms with Crippen molar-refractivity contribution >= 4 is 23.6 Å². The van der Waals surface area contributed by atoms with Gasteiger partial charge in [0.1, 0.15) is 11.9 Å². The van der Waals surface area contributed by atoms with Crippen LogP contribution in [0.15, 0.2) is 35.9 Å². The Labute approximate surface area is 320 Å². The number of rotatable bonds is 21. The van der Waals surface area contributed by atoms with Crippen LogP contribution in [0.3, 0.4) is 0 Å². The summed E-state index contributed by atoms with van der Waals surface area (Å²) in [7, 11) is 6.39. The van der Waals surface area contributed by atoms with Crippen molar-refractivity contribution in [1.82, 2.24) is 25.8 Å². The zero-order chi connectivity index (χ0) is 40.6. The number of carbonyl (C=O) groups excluding carboxylic acids is 4. The van der Waals surface area contributed by atoms with Gasteiger partial charge in [0.25, 0.3) is 0 Å². The molecular formula is C40H64FN5O8. The first-order chi connectivity index (χ1) is 25.4. The van der Waals surface area contributed by atoms with Gasteiger partial charge in [0.05, 0.1) is 54.8 Å². The van der Waals surface area contributed by atoms with Crippen LogP contribution in [0, 0.1) is 29.5 Å². The number of halogens is 1. The predicted octanol–water partition coefficient (Wildman–Crippen LogP) is 2.39. The Morgan fingerprint density at radius 1 is 0.963 bits per heavy atom. The number of aliphatic hydroxyl groups is 2. The Bertz CT molecular complexity index is 1470. The van der Waals surface area contributed by atoms with Crippen LogP contribution in [0.25, 0.3) is 0 Å². The number of hydrogen-bond acceptors (Lipinski definition) is 9. The minimum Gasteiger partial charge on any atom is -0.379 e. The van der Waals surface area contributed by atoms with Crippen LogP contribution in [0.4, 0.5) is 4.39 Å². The molecule has 1 aliphatic heterocycles. The lowest BCUT2D eigenvalue weighted by atomic mass is 9.89. The van der Waals surface area contributed by atoms with Crippen LogP contribution in [0.1, 0.15) is 73.3 Å². The molecule has 13 nitrogen and oxygen atoms in total. The van der Waals surface area contributed by atoms with E-state index in [0.29, 0.717) is 12.8 Å². The van der Waals surface area contributed by atoms with Crippen LogP contribution in [0.5, 0.6) is 0 Å². The summed E-state index contributed by atoms with van der Waals surface area (Å²) < 4.78 is 26.2. The van der Waals surface area contributed by atoms with Gasteiger partial charge >= 0.3 is 0 Å². The second-order valence-electron chi connectivity index (χ2n) is 15.6. The molecule has 10 atom stereocenters. The molecule has 1 fully saturated rings. The standard InChI is InChI=1S/C40H64FN5O8/c1-12-23(6)35(45(9)39(50)34(22(4)5)44-38(49)33(42-8)21(2)3)31(53-10)20-32(47)46-29-18-26(29)19-30(46)36(54-11)24(7)37(48)43-28(40(51)52)17-25-15-13-14-16-27(25)41/h13-16,18,21-24,28-31,33-36,40,42,51-52H,12,17,19-20H2,1-11H3,(H,43,48)(H,44,49)/t23-,24+,28-,29-,30-,31+,33-,34-,35-,36+/m0/s1. The molecule has 0 bridgehead atoms. The molecule has 14 heteroatoms. The van der Waals surface area contributed by atoms with Gasteiger partial charge in [0.15, 0.2) is 6.29 Å². The molecule has 1 aromatic carbocycles. The van der Waals surface area contributed by atoms with Gasteiger partial charge in [-0.05, 0) is 48.4 Å². The molecule has 1 saturated heterocycles. The normalized spacial score (nSPS) is 21.1. The molecule has 1 heterocycles. The van der Waals surface area contributed by atoms with Gasteiger partial charge in [-0.25, -0.2) is 4.39 Å². The zero-order valence-corrected chi connectivity index (χ0v) is 33.8. The topological polar surface area (TPSA) is 170 Å². The number of fused-ring (bicyclic) bond motifs is 1. The summed E-state index contributed by atoms with van der Waals surface area (Å²) in [5.41, 5.74) is 1.28. The van der Waals surface area contributed by atoms with E-state index in [-0.39, 0.29) is 59.9 Å². The molecule has 0 unspecified atom stereocenters. The number of hydrogen-bond donors (Lipinski definition) is 5. The molecule has 304 valence electrons. The maximum Gasteiger partial charge on any atom is 0.245 e. The average Bonchev–Trinajstić information content (AvgIpc) is 3.78. The molecule has 0 aromatic heterocycles. The molecule has 2 aliphatic rings. The minimum atomic E-state index is -1.95. The lowest BCUT2D eigenvalue weighted by Gasteiger charge is -2.41. The Morgan fingerprint density at radius 2 is 1.59 bits per heavy atom. The van der Waals surface area contributed by atoms with Crippen molar-refractivity contribution in [3.05, 3.63) is 47.3 Å². The number of ether oxygens (including phenoxy) is 2. The number of nitrogens with zero attached hydrogens (tertiary/aromatic N) is 2. The first kappa shape index (κ1) is 45.0. The number of likely N-dealkylation sites (N-methyl/N-ethyl adjacent to an activating group) is 2. The highest BCUT2D eigenvalue weighted by molar-refractivity contribution is 5.90. The van der Waals surface area contributed by atoms with E-state index in [4.69, 9.17) is 9.47 Å². The fourth-order valence-electron chi connectivity index (χ4n) is 7.80. The molecule has 5 N–H and O–H groups in total. The van der Waals surface area contributed by atoms with Crippen molar-refractivity contribution < 1.29 is 43.3 Å². The molecular weight excluding hydrogens is 697 g/mol. The van der Waals surface area contributed by atoms with E-state index < -0.39 is 66.3 Å². The fourth-order valence-corrected chi connectivity index (χ4v) is 7.80. The Kier molecular flexibility index (Phi) is 16.6. The first-order valence-electron chi connectivity index (χ1n) is 19.1. The van der Waals surface area contributed by atoms with E-state index in [1.54, 1.807) is 36.9 Å².